The summed E-state index contributed by atoms with van der Waals surface area (Å²) in [6, 6.07) is 15.4. The van der Waals surface area contributed by atoms with Crippen LogP contribution in [0.3, 0.4) is 0 Å². The molecular formula is C15H16FN3O. The Morgan fingerprint density at radius 2 is 1.80 bits per heavy atom. The van der Waals surface area contributed by atoms with Gasteiger partial charge in [-0.2, -0.15) is 0 Å². The maximum atomic E-state index is 13.5. The third-order valence-corrected chi connectivity index (χ3v) is 2.74. The van der Waals surface area contributed by atoms with Crippen molar-refractivity contribution >= 4 is 11.6 Å². The fraction of sp³-hybridized carbons (Fsp3) is 0.133. The van der Waals surface area contributed by atoms with Crippen molar-refractivity contribution in [1.29, 1.82) is 0 Å². The highest BCUT2D eigenvalue weighted by Crippen LogP contribution is 2.16. The molecule has 2 aromatic carbocycles. The highest BCUT2D eigenvalue weighted by Gasteiger charge is 2.11. The Morgan fingerprint density at radius 3 is 2.50 bits per heavy atom. The van der Waals surface area contributed by atoms with Crippen LogP contribution in [0.2, 0.25) is 0 Å². The predicted molar refractivity (Wildman–Crippen MR) is 77.9 cm³/mol. The molecule has 0 aliphatic carbocycles. The summed E-state index contributed by atoms with van der Waals surface area (Å²) in [7, 11) is 0. The summed E-state index contributed by atoms with van der Waals surface area (Å²) in [5.41, 5.74) is 6.72. The summed E-state index contributed by atoms with van der Waals surface area (Å²) >= 11 is 0. The molecule has 0 fully saturated rings. The minimum absolute atomic E-state index is 0.00734. The second kappa shape index (κ2) is 6.68. The summed E-state index contributed by atoms with van der Waals surface area (Å²) in [6.07, 6.45) is -1.02. The van der Waals surface area contributed by atoms with Crippen LogP contribution in [0.1, 0.15) is 11.7 Å². The van der Waals surface area contributed by atoms with Crippen molar-refractivity contribution in [1.82, 2.24) is 0 Å². The standard InChI is InChI=1S/C15H16FN3O/c16-13-9-5-4-8-12(13)14(20)10-18-15(17)19-11-6-2-1-3-7-11/h1-9,14,20H,10H2,(H3,17,18,19). The number of halogens is 1. The highest BCUT2D eigenvalue weighted by atomic mass is 19.1. The van der Waals surface area contributed by atoms with Gasteiger partial charge in [-0.25, -0.2) is 4.39 Å². The van der Waals surface area contributed by atoms with Crippen LogP contribution in [0, 0.1) is 5.82 Å². The minimum atomic E-state index is -1.02. The van der Waals surface area contributed by atoms with Gasteiger partial charge in [0.1, 0.15) is 11.9 Å². The first-order valence-electron chi connectivity index (χ1n) is 6.21. The van der Waals surface area contributed by atoms with Crippen LogP contribution in [0.15, 0.2) is 59.6 Å². The molecule has 0 saturated heterocycles. The molecule has 0 aromatic heterocycles. The number of hydrogen-bond acceptors (Lipinski definition) is 2. The van der Waals surface area contributed by atoms with Gasteiger partial charge < -0.3 is 16.2 Å². The highest BCUT2D eigenvalue weighted by molar-refractivity contribution is 5.92. The number of aliphatic imine (C=N–C) groups is 1. The van der Waals surface area contributed by atoms with E-state index in [1.54, 1.807) is 12.1 Å². The SMILES string of the molecule is NC(=NCC(O)c1ccccc1F)Nc1ccccc1. The number of guanidine groups is 1. The van der Waals surface area contributed by atoms with Gasteiger partial charge in [-0.05, 0) is 18.2 Å². The number of nitrogens with zero attached hydrogens (tertiary/aromatic N) is 1. The molecule has 0 heterocycles. The fourth-order valence-electron chi connectivity index (χ4n) is 1.74. The van der Waals surface area contributed by atoms with Crippen LogP contribution in [0.25, 0.3) is 0 Å². The van der Waals surface area contributed by atoms with Crippen molar-refractivity contribution in [3.05, 3.63) is 66.0 Å². The molecule has 0 bridgehead atoms. The van der Waals surface area contributed by atoms with E-state index in [1.807, 2.05) is 30.3 Å². The Hall–Kier alpha value is -2.40. The molecule has 4 nitrogen and oxygen atoms in total. The molecule has 2 rings (SSSR count). The average Bonchev–Trinajstić information content (AvgIpc) is 2.46. The third kappa shape index (κ3) is 3.80. The molecule has 104 valence electrons. The van der Waals surface area contributed by atoms with Gasteiger partial charge in [-0.3, -0.25) is 4.99 Å². The van der Waals surface area contributed by atoms with Crippen molar-refractivity contribution in [3.8, 4) is 0 Å². The Bertz CT molecular complexity index is 587. The smallest absolute Gasteiger partial charge is 0.193 e. The molecule has 0 amide bonds. The Balaban J connectivity index is 1.97. The largest absolute Gasteiger partial charge is 0.386 e. The van der Waals surface area contributed by atoms with Gasteiger partial charge in [0.2, 0.25) is 0 Å². The number of hydrogen-bond donors (Lipinski definition) is 3. The lowest BCUT2D eigenvalue weighted by Crippen LogP contribution is -2.23. The van der Waals surface area contributed by atoms with Gasteiger partial charge in [-0.15, -0.1) is 0 Å². The van der Waals surface area contributed by atoms with E-state index in [-0.39, 0.29) is 18.1 Å². The zero-order valence-corrected chi connectivity index (χ0v) is 10.8. The van der Waals surface area contributed by atoms with Gasteiger partial charge in [-0.1, -0.05) is 36.4 Å². The molecule has 0 spiro atoms. The van der Waals surface area contributed by atoms with Crippen molar-refractivity contribution in [2.45, 2.75) is 6.10 Å². The van der Waals surface area contributed by atoms with E-state index in [2.05, 4.69) is 10.3 Å². The van der Waals surface area contributed by atoms with Gasteiger partial charge >= 0.3 is 0 Å². The van der Waals surface area contributed by atoms with E-state index >= 15 is 0 Å². The van der Waals surface area contributed by atoms with Gasteiger partial charge in [0.25, 0.3) is 0 Å². The van der Waals surface area contributed by atoms with Crippen LogP contribution in [-0.4, -0.2) is 17.6 Å². The fourth-order valence-corrected chi connectivity index (χ4v) is 1.74. The molecule has 1 atom stereocenters. The van der Waals surface area contributed by atoms with Gasteiger partial charge in [0, 0.05) is 11.3 Å². The molecule has 0 saturated carbocycles. The van der Waals surface area contributed by atoms with Crippen molar-refractivity contribution in [2.75, 3.05) is 11.9 Å². The lowest BCUT2D eigenvalue weighted by Gasteiger charge is -2.10. The van der Waals surface area contributed by atoms with Crippen molar-refractivity contribution in [2.24, 2.45) is 10.7 Å². The van der Waals surface area contributed by atoms with Gasteiger partial charge in [0.15, 0.2) is 5.96 Å². The number of anilines is 1. The minimum Gasteiger partial charge on any atom is -0.386 e. The second-order valence-electron chi connectivity index (χ2n) is 4.25. The molecular weight excluding hydrogens is 257 g/mol. The van der Waals surface area contributed by atoms with Crippen LogP contribution in [-0.2, 0) is 0 Å². The van der Waals surface area contributed by atoms with E-state index in [0.717, 1.165) is 5.69 Å². The zero-order chi connectivity index (χ0) is 14.4. The van der Waals surface area contributed by atoms with E-state index in [9.17, 15) is 9.50 Å². The Labute approximate surface area is 116 Å². The predicted octanol–water partition coefficient (Wildman–Crippen LogP) is 2.29. The van der Waals surface area contributed by atoms with Crippen molar-refractivity contribution < 1.29 is 9.50 Å². The summed E-state index contributed by atoms with van der Waals surface area (Å²) < 4.78 is 13.5. The molecule has 0 radical (unpaired) electrons. The molecule has 4 N–H and O–H groups in total. The summed E-state index contributed by atoms with van der Waals surface area (Å²) in [5, 5.41) is 12.8. The van der Waals surface area contributed by atoms with Crippen LogP contribution < -0.4 is 11.1 Å². The molecule has 0 aliphatic rings. The van der Waals surface area contributed by atoms with E-state index in [1.165, 1.54) is 12.1 Å². The zero-order valence-electron chi connectivity index (χ0n) is 10.8. The number of aliphatic hydroxyl groups is 1. The van der Waals surface area contributed by atoms with Gasteiger partial charge in [0.05, 0.1) is 6.54 Å². The molecule has 0 aliphatic heterocycles. The first-order valence-corrected chi connectivity index (χ1v) is 6.21. The van der Waals surface area contributed by atoms with Crippen LogP contribution in [0.5, 0.6) is 0 Å². The lowest BCUT2D eigenvalue weighted by molar-refractivity contribution is 0.182. The van der Waals surface area contributed by atoms with E-state index < -0.39 is 11.9 Å². The number of nitrogens with two attached hydrogens (primary N) is 1. The first kappa shape index (κ1) is 14.0. The summed E-state index contributed by atoms with van der Waals surface area (Å²) in [5.74, 6) is -0.281. The third-order valence-electron chi connectivity index (χ3n) is 2.74. The maximum absolute atomic E-state index is 13.5. The number of nitrogens with one attached hydrogen (secondary N) is 1. The van der Waals surface area contributed by atoms with E-state index in [4.69, 9.17) is 5.73 Å². The number of benzene rings is 2. The molecule has 2 aromatic rings. The number of para-hydroxylation sites is 1. The van der Waals surface area contributed by atoms with Crippen LogP contribution >= 0.6 is 0 Å². The topological polar surface area (TPSA) is 70.6 Å². The van der Waals surface area contributed by atoms with Crippen molar-refractivity contribution in [3.63, 3.8) is 0 Å². The average molecular weight is 273 g/mol. The molecule has 20 heavy (non-hydrogen) atoms. The Morgan fingerprint density at radius 1 is 1.15 bits per heavy atom. The lowest BCUT2D eigenvalue weighted by atomic mass is 10.1. The molecule has 5 heteroatoms. The monoisotopic (exact) mass is 273 g/mol. The summed E-state index contributed by atoms with van der Waals surface area (Å²) in [6.45, 7) is -0.00734. The second-order valence-corrected chi connectivity index (χ2v) is 4.25. The molecule has 1 unspecified atom stereocenters. The van der Waals surface area contributed by atoms with E-state index in [0.29, 0.717) is 0 Å². The Kier molecular flexibility index (Phi) is 4.68. The quantitative estimate of drug-likeness (QED) is 0.591. The number of rotatable bonds is 4. The first-order chi connectivity index (χ1) is 9.66. The summed E-state index contributed by atoms with van der Waals surface area (Å²) in [4.78, 5) is 4.00. The normalized spacial score (nSPS) is 13.0. The maximum Gasteiger partial charge on any atom is 0.193 e. The van der Waals surface area contributed by atoms with Crippen LogP contribution in [0.4, 0.5) is 10.1 Å². The number of aliphatic hydroxyl groups excluding tert-OH is 1.